The Morgan fingerprint density at radius 3 is 2.88 bits per heavy atom. The SMILES string of the molecule is Nc1cccc2nc(C3CCS(=O)(=O)C3)cn12. The van der Waals surface area contributed by atoms with Crippen LogP contribution in [0.25, 0.3) is 5.65 Å². The molecule has 2 aromatic heterocycles. The van der Waals surface area contributed by atoms with Crippen LogP contribution in [0.1, 0.15) is 18.0 Å². The quantitative estimate of drug-likeness (QED) is 0.814. The number of hydrogen-bond acceptors (Lipinski definition) is 4. The van der Waals surface area contributed by atoms with Crippen molar-refractivity contribution in [2.45, 2.75) is 12.3 Å². The topological polar surface area (TPSA) is 77.5 Å². The number of rotatable bonds is 1. The van der Waals surface area contributed by atoms with E-state index in [0.29, 0.717) is 12.2 Å². The van der Waals surface area contributed by atoms with Crippen LogP contribution in [0.5, 0.6) is 0 Å². The van der Waals surface area contributed by atoms with Crippen molar-refractivity contribution in [1.29, 1.82) is 0 Å². The van der Waals surface area contributed by atoms with Gasteiger partial charge in [-0.15, -0.1) is 0 Å². The van der Waals surface area contributed by atoms with E-state index in [2.05, 4.69) is 4.98 Å². The highest BCUT2D eigenvalue weighted by molar-refractivity contribution is 7.91. The van der Waals surface area contributed by atoms with E-state index in [1.807, 2.05) is 18.3 Å². The Balaban J connectivity index is 2.05. The molecule has 5 nitrogen and oxygen atoms in total. The van der Waals surface area contributed by atoms with Crippen LogP contribution in [0, 0.1) is 0 Å². The third kappa shape index (κ3) is 1.78. The lowest BCUT2D eigenvalue weighted by atomic mass is 10.1. The van der Waals surface area contributed by atoms with Gasteiger partial charge >= 0.3 is 0 Å². The van der Waals surface area contributed by atoms with Gasteiger partial charge in [0.15, 0.2) is 9.84 Å². The van der Waals surface area contributed by atoms with E-state index in [1.165, 1.54) is 0 Å². The summed E-state index contributed by atoms with van der Waals surface area (Å²) in [5.41, 5.74) is 7.42. The molecule has 1 aliphatic rings. The largest absolute Gasteiger partial charge is 0.385 e. The average Bonchev–Trinajstić information content (AvgIpc) is 2.82. The van der Waals surface area contributed by atoms with Crippen molar-refractivity contribution in [2.24, 2.45) is 0 Å². The molecular formula is C11H13N3O2S. The molecule has 0 spiro atoms. The van der Waals surface area contributed by atoms with Crippen molar-refractivity contribution in [2.75, 3.05) is 17.2 Å². The molecule has 0 amide bonds. The molecule has 0 saturated carbocycles. The summed E-state index contributed by atoms with van der Waals surface area (Å²) in [4.78, 5) is 4.44. The van der Waals surface area contributed by atoms with Gasteiger partial charge in [0, 0.05) is 12.1 Å². The highest BCUT2D eigenvalue weighted by Crippen LogP contribution is 2.28. The molecule has 6 heteroatoms. The Morgan fingerprint density at radius 2 is 2.24 bits per heavy atom. The standard InChI is InChI=1S/C11H13N3O2S/c12-10-2-1-3-11-13-9(6-14(10)11)8-4-5-17(15,16)7-8/h1-3,6,8H,4-5,7,12H2. The van der Waals surface area contributed by atoms with E-state index in [4.69, 9.17) is 5.73 Å². The maximum absolute atomic E-state index is 11.4. The van der Waals surface area contributed by atoms with Crippen molar-refractivity contribution in [1.82, 2.24) is 9.38 Å². The maximum atomic E-state index is 11.4. The number of anilines is 1. The van der Waals surface area contributed by atoms with Crippen LogP contribution in [0.3, 0.4) is 0 Å². The molecule has 1 fully saturated rings. The van der Waals surface area contributed by atoms with Gasteiger partial charge in [0.25, 0.3) is 0 Å². The second-order valence-electron chi connectivity index (χ2n) is 4.44. The minimum absolute atomic E-state index is 0.0132. The molecule has 0 bridgehead atoms. The average molecular weight is 251 g/mol. The number of nitrogens with zero attached hydrogens (tertiary/aromatic N) is 2. The highest BCUT2D eigenvalue weighted by atomic mass is 32.2. The molecule has 1 atom stereocenters. The second-order valence-corrected chi connectivity index (χ2v) is 6.67. The van der Waals surface area contributed by atoms with Crippen molar-refractivity contribution < 1.29 is 8.42 Å². The van der Waals surface area contributed by atoms with E-state index in [9.17, 15) is 8.42 Å². The number of aromatic nitrogens is 2. The number of nitrogen functional groups attached to an aromatic ring is 1. The van der Waals surface area contributed by atoms with Crippen molar-refractivity contribution in [3.8, 4) is 0 Å². The molecule has 2 aromatic rings. The molecular weight excluding hydrogens is 238 g/mol. The minimum Gasteiger partial charge on any atom is -0.385 e. The summed E-state index contributed by atoms with van der Waals surface area (Å²) in [7, 11) is -2.87. The fourth-order valence-electron chi connectivity index (χ4n) is 2.28. The first-order valence-electron chi connectivity index (χ1n) is 5.49. The molecule has 2 N–H and O–H groups in total. The van der Waals surface area contributed by atoms with Crippen LogP contribution in [0.2, 0.25) is 0 Å². The van der Waals surface area contributed by atoms with Crippen LogP contribution in [-0.2, 0) is 9.84 Å². The summed E-state index contributed by atoms with van der Waals surface area (Å²) >= 11 is 0. The summed E-state index contributed by atoms with van der Waals surface area (Å²) in [6, 6.07) is 5.50. The lowest BCUT2D eigenvalue weighted by molar-refractivity contribution is 0.601. The maximum Gasteiger partial charge on any atom is 0.151 e. The van der Waals surface area contributed by atoms with Crippen molar-refractivity contribution in [3.63, 3.8) is 0 Å². The van der Waals surface area contributed by atoms with E-state index in [1.54, 1.807) is 10.5 Å². The molecule has 0 radical (unpaired) electrons. The van der Waals surface area contributed by atoms with Crippen molar-refractivity contribution in [3.05, 3.63) is 30.1 Å². The third-order valence-corrected chi connectivity index (χ3v) is 4.96. The number of nitrogens with two attached hydrogens (primary N) is 1. The van der Waals surface area contributed by atoms with Crippen molar-refractivity contribution >= 4 is 21.3 Å². The monoisotopic (exact) mass is 251 g/mol. The number of fused-ring (bicyclic) bond motifs is 1. The first-order chi connectivity index (χ1) is 8.05. The Labute approximate surface area is 99.2 Å². The molecule has 1 aliphatic heterocycles. The van der Waals surface area contributed by atoms with E-state index in [0.717, 1.165) is 11.3 Å². The Morgan fingerprint density at radius 1 is 1.41 bits per heavy atom. The smallest absolute Gasteiger partial charge is 0.151 e. The zero-order chi connectivity index (χ0) is 12.0. The van der Waals surface area contributed by atoms with Gasteiger partial charge in [0.1, 0.15) is 11.5 Å². The first kappa shape index (κ1) is 10.6. The summed E-state index contributed by atoms with van der Waals surface area (Å²) in [5, 5.41) is 0. The lowest BCUT2D eigenvalue weighted by Crippen LogP contribution is -2.03. The summed E-state index contributed by atoms with van der Waals surface area (Å²) in [6.07, 6.45) is 2.50. The Kier molecular flexibility index (Phi) is 2.16. The normalized spacial score (nSPS) is 23.2. The zero-order valence-corrected chi connectivity index (χ0v) is 10.0. The highest BCUT2D eigenvalue weighted by Gasteiger charge is 2.30. The number of imidazole rings is 1. The van der Waals surface area contributed by atoms with Crippen LogP contribution in [0.4, 0.5) is 5.82 Å². The van der Waals surface area contributed by atoms with Crippen LogP contribution in [0.15, 0.2) is 24.4 Å². The van der Waals surface area contributed by atoms with Gasteiger partial charge in [-0.05, 0) is 18.6 Å². The molecule has 0 aliphatic carbocycles. The fourth-order valence-corrected chi connectivity index (χ4v) is 4.04. The molecule has 17 heavy (non-hydrogen) atoms. The molecule has 1 unspecified atom stereocenters. The van der Waals surface area contributed by atoms with E-state index >= 15 is 0 Å². The Bertz CT molecular complexity index is 675. The van der Waals surface area contributed by atoms with Crippen LogP contribution < -0.4 is 5.73 Å². The summed E-state index contributed by atoms with van der Waals surface area (Å²) in [5.74, 6) is 1.10. The third-order valence-electron chi connectivity index (χ3n) is 3.19. The lowest BCUT2D eigenvalue weighted by Gasteiger charge is -2.00. The van der Waals surface area contributed by atoms with Gasteiger partial charge in [-0.25, -0.2) is 13.4 Å². The predicted molar refractivity (Wildman–Crippen MR) is 65.6 cm³/mol. The molecule has 3 heterocycles. The van der Waals surface area contributed by atoms with Gasteiger partial charge in [0.2, 0.25) is 0 Å². The fraction of sp³-hybridized carbons (Fsp3) is 0.364. The van der Waals surface area contributed by atoms with Gasteiger partial charge < -0.3 is 5.73 Å². The molecule has 0 aromatic carbocycles. The summed E-state index contributed by atoms with van der Waals surface area (Å²) in [6.45, 7) is 0. The van der Waals surface area contributed by atoms with Gasteiger partial charge in [-0.2, -0.15) is 0 Å². The number of pyridine rings is 1. The van der Waals surface area contributed by atoms with Gasteiger partial charge in [-0.3, -0.25) is 4.40 Å². The number of sulfone groups is 1. The summed E-state index contributed by atoms with van der Waals surface area (Å²) < 4.78 is 24.7. The molecule has 90 valence electrons. The minimum atomic E-state index is -2.87. The van der Waals surface area contributed by atoms with E-state index < -0.39 is 9.84 Å². The van der Waals surface area contributed by atoms with E-state index in [-0.39, 0.29) is 17.4 Å². The molecule has 3 rings (SSSR count). The van der Waals surface area contributed by atoms with Gasteiger partial charge in [-0.1, -0.05) is 6.07 Å². The van der Waals surface area contributed by atoms with Crippen LogP contribution >= 0.6 is 0 Å². The first-order valence-corrected chi connectivity index (χ1v) is 7.31. The zero-order valence-electron chi connectivity index (χ0n) is 9.20. The van der Waals surface area contributed by atoms with Gasteiger partial charge in [0.05, 0.1) is 17.2 Å². The second kappa shape index (κ2) is 3.46. The number of hydrogen-bond donors (Lipinski definition) is 1. The molecule has 1 saturated heterocycles. The Hall–Kier alpha value is -1.56. The van der Waals surface area contributed by atoms with Crippen LogP contribution in [-0.4, -0.2) is 29.3 Å². The predicted octanol–water partition coefficient (Wildman–Crippen LogP) is 0.819.